The second-order valence-electron chi connectivity index (χ2n) is 10.2. The van der Waals surface area contributed by atoms with Crippen molar-refractivity contribution in [2.24, 2.45) is 11.3 Å². The summed E-state index contributed by atoms with van der Waals surface area (Å²) in [6.45, 7) is 25.4. The quantitative estimate of drug-likeness (QED) is 0.574. The molecule has 0 aromatic rings. The molecule has 25 heavy (non-hydrogen) atoms. The van der Waals surface area contributed by atoms with Gasteiger partial charge in [0.2, 0.25) is 0 Å². The predicted molar refractivity (Wildman–Crippen MR) is 107 cm³/mol. The fraction of sp³-hybridized carbons (Fsp3) is 1.00. The third kappa shape index (κ3) is 8.85. The maximum Gasteiger partial charge on any atom is 0.0699 e. The third-order valence-corrected chi connectivity index (χ3v) is 5.69. The number of aliphatic hydroxyl groups is 1. The molecule has 0 spiro atoms. The van der Waals surface area contributed by atoms with Gasteiger partial charge in [0, 0.05) is 17.5 Å². The van der Waals surface area contributed by atoms with Crippen molar-refractivity contribution in [1.82, 2.24) is 5.32 Å². The summed E-state index contributed by atoms with van der Waals surface area (Å²) in [6, 6.07) is 0. The SMILES string of the molecule is CCC(O)CNC(C)(C)C(C)COC(C)(C)C(C)(C)COC(C)(C)C. The molecule has 0 saturated heterocycles. The van der Waals surface area contributed by atoms with Crippen LogP contribution in [0.2, 0.25) is 0 Å². The van der Waals surface area contributed by atoms with Gasteiger partial charge in [-0.25, -0.2) is 0 Å². The molecule has 0 aliphatic carbocycles. The van der Waals surface area contributed by atoms with Gasteiger partial charge in [0.15, 0.2) is 0 Å². The van der Waals surface area contributed by atoms with E-state index in [2.05, 4.69) is 74.6 Å². The minimum atomic E-state index is -0.300. The minimum Gasteiger partial charge on any atom is -0.392 e. The Labute approximate surface area is 157 Å². The summed E-state index contributed by atoms with van der Waals surface area (Å²) < 4.78 is 12.4. The molecule has 2 N–H and O–H groups in total. The average Bonchev–Trinajstić information content (AvgIpc) is 2.47. The van der Waals surface area contributed by atoms with Gasteiger partial charge in [-0.15, -0.1) is 0 Å². The van der Waals surface area contributed by atoms with Crippen LogP contribution in [0.1, 0.15) is 82.6 Å². The summed E-state index contributed by atoms with van der Waals surface area (Å²) >= 11 is 0. The van der Waals surface area contributed by atoms with E-state index in [9.17, 15) is 5.11 Å². The lowest BCUT2D eigenvalue weighted by Gasteiger charge is -2.44. The molecule has 0 aromatic heterocycles. The second kappa shape index (κ2) is 9.16. The number of hydrogen-bond acceptors (Lipinski definition) is 4. The van der Waals surface area contributed by atoms with E-state index >= 15 is 0 Å². The fourth-order valence-electron chi connectivity index (χ4n) is 2.01. The van der Waals surface area contributed by atoms with Crippen LogP contribution < -0.4 is 5.32 Å². The summed E-state index contributed by atoms with van der Waals surface area (Å²) in [6.07, 6.45) is 0.473. The number of β-amino-alcohol motifs (C(OH)–C–C–N with tert-alkyl or cyclic N) is 1. The molecule has 4 heteroatoms. The zero-order valence-electron chi connectivity index (χ0n) is 18.7. The van der Waals surface area contributed by atoms with Crippen LogP contribution in [0.5, 0.6) is 0 Å². The zero-order chi connectivity index (χ0) is 20.1. The van der Waals surface area contributed by atoms with Crippen molar-refractivity contribution in [2.75, 3.05) is 19.8 Å². The smallest absolute Gasteiger partial charge is 0.0699 e. The Balaban J connectivity index is 4.68. The van der Waals surface area contributed by atoms with E-state index in [1.807, 2.05) is 6.92 Å². The lowest BCUT2D eigenvalue weighted by atomic mass is 9.77. The van der Waals surface area contributed by atoms with Crippen molar-refractivity contribution in [1.29, 1.82) is 0 Å². The monoisotopic (exact) mass is 359 g/mol. The molecule has 0 heterocycles. The van der Waals surface area contributed by atoms with Gasteiger partial charge in [-0.3, -0.25) is 0 Å². The van der Waals surface area contributed by atoms with E-state index in [1.54, 1.807) is 0 Å². The van der Waals surface area contributed by atoms with Gasteiger partial charge in [-0.2, -0.15) is 0 Å². The molecule has 4 nitrogen and oxygen atoms in total. The highest BCUT2D eigenvalue weighted by Crippen LogP contribution is 2.36. The molecule has 0 saturated carbocycles. The van der Waals surface area contributed by atoms with Crippen molar-refractivity contribution in [3.63, 3.8) is 0 Å². The van der Waals surface area contributed by atoms with Crippen LogP contribution in [0.3, 0.4) is 0 Å². The Bertz CT molecular complexity index is 383. The van der Waals surface area contributed by atoms with Gasteiger partial charge in [-0.05, 0) is 60.8 Å². The Hall–Kier alpha value is -0.160. The first kappa shape index (κ1) is 24.8. The van der Waals surface area contributed by atoms with Crippen LogP contribution in [0.15, 0.2) is 0 Å². The third-order valence-electron chi connectivity index (χ3n) is 5.69. The van der Waals surface area contributed by atoms with Gasteiger partial charge >= 0.3 is 0 Å². The molecule has 0 amide bonds. The summed E-state index contributed by atoms with van der Waals surface area (Å²) in [4.78, 5) is 0. The fourth-order valence-corrected chi connectivity index (χ4v) is 2.01. The van der Waals surface area contributed by atoms with Crippen LogP contribution in [0.25, 0.3) is 0 Å². The van der Waals surface area contributed by atoms with Crippen molar-refractivity contribution in [3.8, 4) is 0 Å². The minimum absolute atomic E-state index is 0.0989. The van der Waals surface area contributed by atoms with Gasteiger partial charge in [0.1, 0.15) is 0 Å². The predicted octanol–water partition coefficient (Wildman–Crippen LogP) is 4.40. The van der Waals surface area contributed by atoms with E-state index in [0.29, 0.717) is 25.7 Å². The van der Waals surface area contributed by atoms with E-state index in [-0.39, 0.29) is 28.3 Å². The Morgan fingerprint density at radius 2 is 1.44 bits per heavy atom. The Morgan fingerprint density at radius 1 is 0.920 bits per heavy atom. The molecule has 0 rings (SSSR count). The highest BCUT2D eigenvalue weighted by atomic mass is 16.5. The number of ether oxygens (including phenoxy) is 2. The number of rotatable bonds is 11. The van der Waals surface area contributed by atoms with Crippen LogP contribution >= 0.6 is 0 Å². The first-order valence-corrected chi connectivity index (χ1v) is 9.75. The maximum absolute atomic E-state index is 9.79. The Kier molecular flexibility index (Phi) is 9.10. The van der Waals surface area contributed by atoms with Gasteiger partial charge in [0.25, 0.3) is 0 Å². The zero-order valence-corrected chi connectivity index (χ0v) is 18.7. The van der Waals surface area contributed by atoms with Crippen LogP contribution in [-0.2, 0) is 9.47 Å². The highest BCUT2D eigenvalue weighted by Gasteiger charge is 2.40. The van der Waals surface area contributed by atoms with Crippen molar-refractivity contribution in [3.05, 3.63) is 0 Å². The Morgan fingerprint density at radius 3 is 1.88 bits per heavy atom. The van der Waals surface area contributed by atoms with E-state index in [4.69, 9.17) is 9.47 Å². The van der Waals surface area contributed by atoms with Gasteiger partial charge in [0.05, 0.1) is 30.5 Å². The molecule has 152 valence electrons. The first-order chi connectivity index (χ1) is 11.0. The van der Waals surface area contributed by atoms with E-state index in [0.717, 1.165) is 6.42 Å². The summed E-state index contributed by atoms with van der Waals surface area (Å²) in [7, 11) is 0. The molecule has 0 aromatic carbocycles. The molecule has 0 aliphatic rings. The van der Waals surface area contributed by atoms with E-state index < -0.39 is 0 Å². The van der Waals surface area contributed by atoms with Crippen molar-refractivity contribution >= 4 is 0 Å². The molecule has 0 fully saturated rings. The summed E-state index contributed by atoms with van der Waals surface area (Å²) in [5.74, 6) is 0.315. The number of hydrogen-bond donors (Lipinski definition) is 2. The molecule has 0 aliphatic heterocycles. The normalized spacial score (nSPS) is 16.8. The standard InChI is InChI=1S/C21H45NO3/c1-12-17(23)13-22-20(8,9)16(2)14-24-21(10,11)19(6,7)15-25-18(3,4)5/h16-17,22-23H,12-15H2,1-11H3. The van der Waals surface area contributed by atoms with E-state index in [1.165, 1.54) is 0 Å². The van der Waals surface area contributed by atoms with Gasteiger partial charge < -0.3 is 19.9 Å². The number of nitrogens with one attached hydrogen (secondary N) is 1. The number of aliphatic hydroxyl groups excluding tert-OH is 1. The highest BCUT2D eigenvalue weighted by molar-refractivity contribution is 4.90. The maximum atomic E-state index is 9.79. The first-order valence-electron chi connectivity index (χ1n) is 9.75. The summed E-state index contributed by atoms with van der Waals surface area (Å²) in [5, 5.41) is 13.3. The van der Waals surface area contributed by atoms with Crippen molar-refractivity contribution < 1.29 is 14.6 Å². The molecular formula is C21H45NO3. The molecule has 0 bridgehead atoms. The lowest BCUT2D eigenvalue weighted by Crippen LogP contribution is -2.51. The van der Waals surface area contributed by atoms with Crippen LogP contribution in [0, 0.1) is 11.3 Å². The molecule has 2 unspecified atom stereocenters. The lowest BCUT2D eigenvalue weighted by molar-refractivity contribution is -0.154. The topological polar surface area (TPSA) is 50.7 Å². The summed E-state index contributed by atoms with van der Waals surface area (Å²) in [5.41, 5.74) is -0.646. The van der Waals surface area contributed by atoms with Crippen LogP contribution in [0.4, 0.5) is 0 Å². The average molecular weight is 360 g/mol. The van der Waals surface area contributed by atoms with Gasteiger partial charge in [-0.1, -0.05) is 27.7 Å². The molecule has 2 atom stereocenters. The van der Waals surface area contributed by atoms with Crippen LogP contribution in [-0.4, -0.2) is 47.7 Å². The largest absolute Gasteiger partial charge is 0.392 e. The molecular weight excluding hydrogens is 314 g/mol. The van der Waals surface area contributed by atoms with Crippen molar-refractivity contribution in [2.45, 2.75) is 105 Å². The second-order valence-corrected chi connectivity index (χ2v) is 10.2. The molecule has 0 radical (unpaired) electrons.